The summed E-state index contributed by atoms with van der Waals surface area (Å²) < 4.78 is 6.43. The number of imidazole rings is 1. The second kappa shape index (κ2) is 6.17. The van der Waals surface area contributed by atoms with Crippen molar-refractivity contribution >= 4 is 17.4 Å². The third kappa shape index (κ3) is 2.42. The van der Waals surface area contributed by atoms with Gasteiger partial charge in [-0.05, 0) is 13.3 Å². The molecule has 0 aromatic carbocycles. The van der Waals surface area contributed by atoms with Gasteiger partial charge in [-0.25, -0.2) is 9.50 Å². The van der Waals surface area contributed by atoms with Crippen molar-refractivity contribution in [3.63, 3.8) is 0 Å². The number of hydrogen-bond donors (Lipinski definition) is 5. The summed E-state index contributed by atoms with van der Waals surface area (Å²) in [4.78, 5) is 7.79. The largest absolute Gasteiger partial charge is 0.396 e. The molecule has 0 aliphatic heterocycles. The van der Waals surface area contributed by atoms with E-state index in [-0.39, 0.29) is 29.5 Å². The molecule has 3 atom stereocenters. The van der Waals surface area contributed by atoms with Crippen molar-refractivity contribution in [2.75, 3.05) is 25.2 Å². The highest BCUT2D eigenvalue weighted by Crippen LogP contribution is 2.39. The summed E-state index contributed by atoms with van der Waals surface area (Å²) >= 11 is 0. The molecule has 2 heterocycles. The topological polar surface area (TPSA) is 189 Å². The van der Waals surface area contributed by atoms with Crippen molar-refractivity contribution in [2.45, 2.75) is 30.7 Å². The van der Waals surface area contributed by atoms with Crippen LogP contribution >= 0.6 is 0 Å². The number of fused-ring (bicyclic) bond motifs is 1. The van der Waals surface area contributed by atoms with Crippen LogP contribution in [-0.4, -0.2) is 60.3 Å². The van der Waals surface area contributed by atoms with Crippen molar-refractivity contribution in [1.29, 1.82) is 5.26 Å². The molecule has 2 rings (SSSR count). The Morgan fingerprint density at radius 1 is 1.50 bits per heavy atom. The Bertz CT molecular complexity index is 784. The van der Waals surface area contributed by atoms with Crippen LogP contribution in [0.2, 0.25) is 0 Å². The number of nitrogens with zero attached hydrogens (tertiary/aromatic N) is 5. The molecule has 0 radical (unpaired) electrons. The molecule has 130 valence electrons. The summed E-state index contributed by atoms with van der Waals surface area (Å²) in [5.41, 5.74) is 7.26. The van der Waals surface area contributed by atoms with E-state index in [1.54, 1.807) is 0 Å². The summed E-state index contributed by atoms with van der Waals surface area (Å²) in [6.45, 7) is 0.825. The van der Waals surface area contributed by atoms with Crippen LogP contribution in [0.25, 0.3) is 5.65 Å². The van der Waals surface area contributed by atoms with Crippen LogP contribution in [0.4, 0.5) is 11.8 Å². The van der Waals surface area contributed by atoms with Gasteiger partial charge in [-0.15, -0.1) is 5.10 Å². The van der Waals surface area contributed by atoms with Gasteiger partial charge in [-0.2, -0.15) is 10.2 Å². The van der Waals surface area contributed by atoms with E-state index in [0.717, 1.165) is 4.52 Å². The van der Waals surface area contributed by atoms with Crippen LogP contribution < -0.4 is 11.5 Å². The molecule has 7 N–H and O–H groups in total. The average Bonchev–Trinajstić information content (AvgIpc) is 2.94. The first-order valence-corrected chi connectivity index (χ1v) is 7.00. The Morgan fingerprint density at radius 2 is 2.17 bits per heavy atom. The highest BCUT2D eigenvalue weighted by Gasteiger charge is 2.56. The van der Waals surface area contributed by atoms with Gasteiger partial charge < -0.3 is 31.5 Å². The first-order valence-electron chi connectivity index (χ1n) is 7.00. The standard InChI is InChI=1S/C13H19N7O4/c1-12(23,8(22)3-4-21)13(6-14,24-2)7-5-17-10-9(15)18-11(16)19-20(7)10/h5,8,21-23H,3-4H2,1-2H3,(H4,15,16,18,19)/t8-,12-,13+/m1/s1. The predicted octanol–water partition coefficient (Wildman–Crippen LogP) is -1.85. The molecule has 24 heavy (non-hydrogen) atoms. The molecule has 0 aliphatic carbocycles. The molecule has 0 unspecified atom stereocenters. The maximum atomic E-state index is 10.8. The number of ether oxygens (including phenoxy) is 1. The lowest BCUT2D eigenvalue weighted by Gasteiger charge is -2.41. The van der Waals surface area contributed by atoms with Gasteiger partial charge in [0.15, 0.2) is 11.5 Å². The van der Waals surface area contributed by atoms with Crippen molar-refractivity contribution in [2.24, 2.45) is 0 Å². The lowest BCUT2D eigenvalue weighted by atomic mass is 9.77. The van der Waals surface area contributed by atoms with Gasteiger partial charge in [-0.3, -0.25) is 0 Å². The molecule has 2 aromatic heterocycles. The monoisotopic (exact) mass is 337 g/mol. The van der Waals surface area contributed by atoms with Gasteiger partial charge in [0.1, 0.15) is 17.4 Å². The zero-order valence-electron chi connectivity index (χ0n) is 13.2. The zero-order chi connectivity index (χ0) is 18.1. The molecule has 11 heteroatoms. The molecule has 0 amide bonds. The molecular weight excluding hydrogens is 318 g/mol. The lowest BCUT2D eigenvalue weighted by Crippen LogP contribution is -2.58. The highest BCUT2D eigenvalue weighted by molar-refractivity contribution is 5.61. The number of aliphatic hydroxyl groups excluding tert-OH is 2. The fourth-order valence-electron chi connectivity index (χ4n) is 2.58. The van der Waals surface area contributed by atoms with Gasteiger partial charge in [0.2, 0.25) is 11.5 Å². The number of hydrogen-bond acceptors (Lipinski definition) is 10. The molecule has 0 spiro atoms. The molecule has 0 fully saturated rings. The summed E-state index contributed by atoms with van der Waals surface area (Å²) in [7, 11) is 1.19. The van der Waals surface area contributed by atoms with Gasteiger partial charge in [0.25, 0.3) is 0 Å². The Labute approximate surface area is 137 Å². The van der Waals surface area contributed by atoms with Crippen LogP contribution in [0.15, 0.2) is 6.20 Å². The Kier molecular flexibility index (Phi) is 4.59. The van der Waals surface area contributed by atoms with Crippen LogP contribution in [0.5, 0.6) is 0 Å². The van der Waals surface area contributed by atoms with E-state index in [1.165, 1.54) is 20.2 Å². The van der Waals surface area contributed by atoms with Crippen LogP contribution in [0.3, 0.4) is 0 Å². The quantitative estimate of drug-likeness (QED) is 0.400. The lowest BCUT2D eigenvalue weighted by molar-refractivity contribution is -0.190. The van der Waals surface area contributed by atoms with E-state index < -0.39 is 23.9 Å². The zero-order valence-corrected chi connectivity index (χ0v) is 13.2. The minimum Gasteiger partial charge on any atom is -0.396 e. The van der Waals surface area contributed by atoms with E-state index in [0.29, 0.717) is 0 Å². The summed E-state index contributed by atoms with van der Waals surface area (Å²) in [6, 6.07) is 1.86. The SMILES string of the molecule is CO[C@@](C#N)(c1cnc2c(N)nc(N)nn12)[C@](C)(O)[C@H](O)CCO. The Morgan fingerprint density at radius 3 is 2.71 bits per heavy atom. The third-order valence-corrected chi connectivity index (χ3v) is 3.99. The van der Waals surface area contributed by atoms with E-state index in [2.05, 4.69) is 15.1 Å². The number of nitrogen functional groups attached to an aromatic ring is 2. The molecule has 2 aromatic rings. The first kappa shape index (κ1) is 17.8. The van der Waals surface area contributed by atoms with E-state index >= 15 is 0 Å². The van der Waals surface area contributed by atoms with Crippen LogP contribution in [0, 0.1) is 11.3 Å². The van der Waals surface area contributed by atoms with E-state index in [1.807, 2.05) is 6.07 Å². The Hall–Kier alpha value is -2.52. The minimum atomic E-state index is -2.11. The van der Waals surface area contributed by atoms with Gasteiger partial charge in [-0.1, -0.05) is 0 Å². The third-order valence-electron chi connectivity index (χ3n) is 3.99. The molecule has 0 aliphatic rings. The van der Waals surface area contributed by atoms with Crippen molar-refractivity contribution < 1.29 is 20.1 Å². The molecule has 0 saturated carbocycles. The van der Waals surface area contributed by atoms with Gasteiger partial charge in [0, 0.05) is 13.7 Å². The number of aliphatic hydroxyl groups is 3. The molecule has 0 saturated heterocycles. The normalized spacial score (nSPS) is 17.8. The maximum absolute atomic E-state index is 10.8. The average molecular weight is 337 g/mol. The summed E-state index contributed by atoms with van der Waals surface area (Å²) in [6.07, 6.45) is -0.410. The smallest absolute Gasteiger partial charge is 0.240 e. The number of aromatic nitrogens is 4. The maximum Gasteiger partial charge on any atom is 0.240 e. The van der Waals surface area contributed by atoms with Crippen molar-refractivity contribution in [3.05, 3.63) is 11.9 Å². The van der Waals surface area contributed by atoms with Crippen molar-refractivity contribution in [3.8, 4) is 6.07 Å². The molecule has 0 bridgehead atoms. The van der Waals surface area contributed by atoms with Crippen LogP contribution in [-0.2, 0) is 10.3 Å². The fraction of sp³-hybridized carbons (Fsp3) is 0.538. The number of methoxy groups -OCH3 is 1. The van der Waals surface area contributed by atoms with Crippen LogP contribution in [0.1, 0.15) is 19.0 Å². The highest BCUT2D eigenvalue weighted by atomic mass is 16.5. The first-order chi connectivity index (χ1) is 11.2. The van der Waals surface area contributed by atoms with Gasteiger partial charge in [0.05, 0.1) is 12.3 Å². The predicted molar refractivity (Wildman–Crippen MR) is 82.2 cm³/mol. The fourth-order valence-corrected chi connectivity index (χ4v) is 2.58. The van der Waals surface area contributed by atoms with E-state index in [4.69, 9.17) is 21.3 Å². The van der Waals surface area contributed by atoms with E-state index in [9.17, 15) is 15.5 Å². The minimum absolute atomic E-state index is 0.00490. The molecular formula is C13H19N7O4. The second-order valence-electron chi connectivity index (χ2n) is 5.41. The van der Waals surface area contributed by atoms with Gasteiger partial charge >= 0.3 is 0 Å². The number of nitrogens with two attached hydrogens (primary N) is 2. The number of nitriles is 1. The molecule has 11 nitrogen and oxygen atoms in total. The summed E-state index contributed by atoms with van der Waals surface area (Å²) in [5.74, 6) is -0.190. The second-order valence-corrected chi connectivity index (χ2v) is 5.41. The van der Waals surface area contributed by atoms with Crippen molar-refractivity contribution in [1.82, 2.24) is 19.6 Å². The summed E-state index contributed by atoms with van der Waals surface area (Å²) in [5, 5.41) is 43.7. The number of anilines is 2. The Balaban J connectivity index is 2.75. The number of rotatable bonds is 6.